The molecule has 5 aliphatic rings. The molecule has 4 saturated carbocycles. The number of hydrogen-bond acceptors (Lipinski definition) is 0. The van der Waals surface area contributed by atoms with Gasteiger partial charge in [-0.3, -0.25) is 0 Å². The van der Waals surface area contributed by atoms with E-state index in [0.29, 0.717) is 0 Å². The zero-order valence-corrected chi connectivity index (χ0v) is 11.3. The lowest BCUT2D eigenvalue weighted by Gasteiger charge is -2.52. The molecular formula is C19H20. The van der Waals surface area contributed by atoms with Gasteiger partial charge in [0.1, 0.15) is 0 Å². The molecule has 96 valence electrons. The maximum atomic E-state index is 2.41. The molecule has 4 bridgehead atoms. The predicted molar refractivity (Wildman–Crippen MR) is 79.4 cm³/mol. The molecule has 1 aromatic rings. The van der Waals surface area contributed by atoms with Gasteiger partial charge in [0.15, 0.2) is 0 Å². The number of hydrogen-bond donors (Lipinski definition) is 0. The lowest BCUT2D eigenvalue weighted by Crippen LogP contribution is -2.40. The van der Waals surface area contributed by atoms with Gasteiger partial charge in [-0.25, -0.2) is 0 Å². The van der Waals surface area contributed by atoms with Crippen molar-refractivity contribution >= 4 is 11.6 Å². The van der Waals surface area contributed by atoms with Crippen LogP contribution in [-0.2, 0) is 0 Å². The molecule has 4 fully saturated rings. The number of fused-ring (bicyclic) bond motifs is 1. The average Bonchev–Trinajstić information content (AvgIpc) is 2.82. The van der Waals surface area contributed by atoms with Gasteiger partial charge < -0.3 is 0 Å². The highest BCUT2D eigenvalue weighted by atomic mass is 14.5. The van der Waals surface area contributed by atoms with Crippen molar-refractivity contribution < 1.29 is 0 Å². The van der Waals surface area contributed by atoms with E-state index in [9.17, 15) is 0 Å². The van der Waals surface area contributed by atoms with E-state index in [-0.39, 0.29) is 0 Å². The zero-order valence-electron chi connectivity index (χ0n) is 11.3. The van der Waals surface area contributed by atoms with Crippen molar-refractivity contribution in [3.05, 3.63) is 47.0 Å². The normalized spacial score (nSPS) is 38.1. The van der Waals surface area contributed by atoms with E-state index in [1.165, 1.54) is 36.8 Å². The summed E-state index contributed by atoms with van der Waals surface area (Å²) in [5, 5.41) is 0. The van der Waals surface area contributed by atoms with Crippen molar-refractivity contribution in [1.82, 2.24) is 0 Å². The summed E-state index contributed by atoms with van der Waals surface area (Å²) in [6.45, 7) is 0. The fraction of sp³-hybridized carbons (Fsp3) is 0.474. The molecular weight excluding hydrogens is 228 g/mol. The van der Waals surface area contributed by atoms with Crippen molar-refractivity contribution in [2.24, 2.45) is 23.7 Å². The van der Waals surface area contributed by atoms with Gasteiger partial charge in [-0.15, -0.1) is 0 Å². The molecule has 19 heavy (non-hydrogen) atoms. The van der Waals surface area contributed by atoms with Crippen LogP contribution >= 0.6 is 0 Å². The topological polar surface area (TPSA) is 0 Å². The first-order valence-electron chi connectivity index (χ1n) is 7.90. The molecule has 1 aromatic carbocycles. The lowest BCUT2D eigenvalue weighted by molar-refractivity contribution is 0.0706. The first-order chi connectivity index (χ1) is 9.38. The van der Waals surface area contributed by atoms with Crippen molar-refractivity contribution in [2.75, 3.05) is 0 Å². The molecule has 0 aliphatic heterocycles. The van der Waals surface area contributed by atoms with Gasteiger partial charge in [-0.05, 0) is 72.5 Å². The Morgan fingerprint density at radius 1 is 0.737 bits per heavy atom. The van der Waals surface area contributed by atoms with Gasteiger partial charge >= 0.3 is 0 Å². The fourth-order valence-electron chi connectivity index (χ4n) is 5.53. The SMILES string of the molecule is C1=Cc2ccccc2C1=C1C2CC3CC(C2)CC1C3. The van der Waals surface area contributed by atoms with Gasteiger partial charge in [-0.2, -0.15) is 0 Å². The van der Waals surface area contributed by atoms with Gasteiger partial charge in [-0.1, -0.05) is 42.0 Å². The van der Waals surface area contributed by atoms with Crippen LogP contribution < -0.4 is 0 Å². The Morgan fingerprint density at radius 2 is 1.42 bits per heavy atom. The monoisotopic (exact) mass is 248 g/mol. The number of benzene rings is 1. The second kappa shape index (κ2) is 3.62. The molecule has 0 atom stereocenters. The standard InChI is InChI=1S/C19H20/c1-2-4-17-14(3-1)5-6-18(17)19-15-8-12-7-13(10-15)11-16(19)9-12/h1-6,12-13,15-16H,7-11H2. The molecule has 0 unspecified atom stereocenters. The summed E-state index contributed by atoms with van der Waals surface area (Å²) in [6.07, 6.45) is 12.2. The average molecular weight is 248 g/mol. The van der Waals surface area contributed by atoms with E-state index in [2.05, 4.69) is 36.4 Å². The molecule has 0 heterocycles. The molecule has 0 N–H and O–H groups in total. The molecule has 0 spiro atoms. The molecule has 6 rings (SSSR count). The highest BCUT2D eigenvalue weighted by Gasteiger charge is 2.46. The van der Waals surface area contributed by atoms with E-state index < -0.39 is 0 Å². The van der Waals surface area contributed by atoms with Gasteiger partial charge in [0.2, 0.25) is 0 Å². The second-order valence-electron chi connectivity index (χ2n) is 7.09. The summed E-state index contributed by atoms with van der Waals surface area (Å²) in [6, 6.07) is 8.94. The molecule has 0 heteroatoms. The largest absolute Gasteiger partial charge is 0.0616 e. The van der Waals surface area contributed by atoms with Crippen LogP contribution in [0.4, 0.5) is 0 Å². The summed E-state index contributed by atoms with van der Waals surface area (Å²) in [7, 11) is 0. The highest BCUT2D eigenvalue weighted by molar-refractivity contribution is 5.91. The Labute approximate surface area is 115 Å². The fourth-order valence-corrected chi connectivity index (χ4v) is 5.53. The van der Waals surface area contributed by atoms with E-state index in [1.807, 2.05) is 5.57 Å². The Balaban J connectivity index is 1.67. The molecule has 5 aliphatic carbocycles. The van der Waals surface area contributed by atoms with Crippen LogP contribution in [0.15, 0.2) is 35.9 Å². The van der Waals surface area contributed by atoms with E-state index >= 15 is 0 Å². The maximum absolute atomic E-state index is 2.41. The van der Waals surface area contributed by atoms with E-state index in [4.69, 9.17) is 0 Å². The predicted octanol–water partition coefficient (Wildman–Crippen LogP) is 4.92. The minimum Gasteiger partial charge on any atom is -0.0616 e. The van der Waals surface area contributed by atoms with Crippen LogP contribution in [0.3, 0.4) is 0 Å². The van der Waals surface area contributed by atoms with Crippen LogP contribution in [0.25, 0.3) is 11.6 Å². The second-order valence-corrected chi connectivity index (χ2v) is 7.09. The maximum Gasteiger partial charge on any atom is -0.0112 e. The quantitative estimate of drug-likeness (QED) is 0.611. The molecule has 0 amide bonds. The molecule has 0 aromatic heterocycles. The minimum atomic E-state index is 0.919. The third-order valence-corrected chi connectivity index (χ3v) is 6.01. The Bertz CT molecular complexity index is 572. The van der Waals surface area contributed by atoms with Crippen LogP contribution in [0.2, 0.25) is 0 Å². The van der Waals surface area contributed by atoms with Crippen LogP contribution in [-0.4, -0.2) is 0 Å². The first kappa shape index (κ1) is 10.5. The summed E-state index contributed by atoms with van der Waals surface area (Å²) >= 11 is 0. The summed E-state index contributed by atoms with van der Waals surface area (Å²) in [5.41, 5.74) is 6.38. The molecule has 0 radical (unpaired) electrons. The van der Waals surface area contributed by atoms with E-state index in [1.54, 1.807) is 12.0 Å². The number of allylic oxidation sites excluding steroid dienone is 3. The summed E-state index contributed by atoms with van der Waals surface area (Å²) in [5.74, 6) is 3.96. The van der Waals surface area contributed by atoms with Crippen molar-refractivity contribution in [3.8, 4) is 0 Å². The van der Waals surface area contributed by atoms with Crippen LogP contribution in [0.1, 0.15) is 43.2 Å². The minimum absolute atomic E-state index is 0.919. The van der Waals surface area contributed by atoms with Gasteiger partial charge in [0.25, 0.3) is 0 Å². The van der Waals surface area contributed by atoms with Crippen molar-refractivity contribution in [1.29, 1.82) is 0 Å². The van der Waals surface area contributed by atoms with Crippen LogP contribution in [0.5, 0.6) is 0 Å². The Morgan fingerprint density at radius 3 is 2.16 bits per heavy atom. The Hall–Kier alpha value is -1.30. The van der Waals surface area contributed by atoms with E-state index in [0.717, 1.165) is 23.7 Å². The van der Waals surface area contributed by atoms with Crippen molar-refractivity contribution in [3.63, 3.8) is 0 Å². The highest BCUT2D eigenvalue weighted by Crippen LogP contribution is 2.58. The summed E-state index contributed by atoms with van der Waals surface area (Å²) in [4.78, 5) is 0. The first-order valence-corrected chi connectivity index (χ1v) is 7.90. The number of rotatable bonds is 0. The zero-order chi connectivity index (χ0) is 12.4. The smallest absolute Gasteiger partial charge is 0.0112 e. The summed E-state index contributed by atoms with van der Waals surface area (Å²) < 4.78 is 0. The van der Waals surface area contributed by atoms with Gasteiger partial charge in [0, 0.05) is 0 Å². The third kappa shape index (κ3) is 1.40. The molecule has 0 nitrogen and oxygen atoms in total. The molecule has 0 saturated heterocycles. The van der Waals surface area contributed by atoms with Crippen LogP contribution in [0, 0.1) is 23.7 Å². The Kier molecular flexibility index (Phi) is 2.00. The lowest BCUT2D eigenvalue weighted by atomic mass is 9.53. The third-order valence-electron chi connectivity index (χ3n) is 6.01. The van der Waals surface area contributed by atoms with Gasteiger partial charge in [0.05, 0.1) is 0 Å². The van der Waals surface area contributed by atoms with Crippen molar-refractivity contribution in [2.45, 2.75) is 32.1 Å².